The Morgan fingerprint density at radius 2 is 1.71 bits per heavy atom. The average Bonchev–Trinajstić information content (AvgIpc) is 3.20. The normalized spacial score (nSPS) is 10.5. The standard InChI is InChI=1S/C17H14N2S2/c1-12-6-7-13(11-18)10-14(12)19-17(15-4-2-8-20-15)16-5-3-9-21-16/h2-10,17,19H,1H3. The first kappa shape index (κ1) is 13.9. The van der Waals surface area contributed by atoms with E-state index in [0.717, 1.165) is 11.3 Å². The summed E-state index contributed by atoms with van der Waals surface area (Å²) in [6, 6.07) is 16.5. The Morgan fingerprint density at radius 3 is 2.24 bits per heavy atom. The van der Waals surface area contributed by atoms with Gasteiger partial charge in [-0.15, -0.1) is 22.7 Å². The molecule has 0 radical (unpaired) electrons. The zero-order valence-corrected chi connectivity index (χ0v) is 13.2. The van der Waals surface area contributed by atoms with E-state index in [-0.39, 0.29) is 6.04 Å². The van der Waals surface area contributed by atoms with Crippen molar-refractivity contribution >= 4 is 28.4 Å². The molecule has 3 rings (SSSR count). The van der Waals surface area contributed by atoms with Crippen LogP contribution in [0.5, 0.6) is 0 Å². The van der Waals surface area contributed by atoms with E-state index in [0.29, 0.717) is 5.56 Å². The number of aryl methyl sites for hydroxylation is 1. The smallest absolute Gasteiger partial charge is 0.0992 e. The minimum atomic E-state index is 0.137. The van der Waals surface area contributed by atoms with Crippen LogP contribution in [0.3, 0.4) is 0 Å². The summed E-state index contributed by atoms with van der Waals surface area (Å²) in [5, 5.41) is 16.9. The number of thiophene rings is 2. The predicted molar refractivity (Wildman–Crippen MR) is 90.0 cm³/mol. The molecule has 0 saturated carbocycles. The minimum absolute atomic E-state index is 0.137. The van der Waals surface area contributed by atoms with Gasteiger partial charge in [0.2, 0.25) is 0 Å². The van der Waals surface area contributed by atoms with Gasteiger partial charge in [-0.2, -0.15) is 5.26 Å². The van der Waals surface area contributed by atoms with Crippen LogP contribution in [0, 0.1) is 18.3 Å². The maximum Gasteiger partial charge on any atom is 0.0992 e. The largest absolute Gasteiger partial charge is 0.372 e. The van der Waals surface area contributed by atoms with Crippen LogP contribution < -0.4 is 5.32 Å². The van der Waals surface area contributed by atoms with Gasteiger partial charge in [-0.25, -0.2) is 0 Å². The van der Waals surface area contributed by atoms with Gasteiger partial charge in [-0.3, -0.25) is 0 Å². The van der Waals surface area contributed by atoms with Crippen molar-refractivity contribution in [3.8, 4) is 6.07 Å². The fourth-order valence-corrected chi connectivity index (χ4v) is 3.86. The van der Waals surface area contributed by atoms with Crippen LogP contribution in [0.2, 0.25) is 0 Å². The molecule has 104 valence electrons. The highest BCUT2D eigenvalue weighted by atomic mass is 32.1. The van der Waals surface area contributed by atoms with Gasteiger partial charge in [0.15, 0.2) is 0 Å². The Kier molecular flexibility index (Phi) is 4.05. The fourth-order valence-electron chi connectivity index (χ4n) is 2.20. The molecule has 0 unspecified atom stereocenters. The Hall–Kier alpha value is -2.09. The van der Waals surface area contributed by atoms with Crippen molar-refractivity contribution in [1.29, 1.82) is 5.26 Å². The number of hydrogen-bond acceptors (Lipinski definition) is 4. The second kappa shape index (κ2) is 6.13. The third-order valence-corrected chi connectivity index (χ3v) is 5.20. The highest BCUT2D eigenvalue weighted by Crippen LogP contribution is 2.33. The van der Waals surface area contributed by atoms with Crippen LogP contribution in [-0.4, -0.2) is 0 Å². The van der Waals surface area contributed by atoms with Crippen molar-refractivity contribution in [3.63, 3.8) is 0 Å². The highest BCUT2D eigenvalue weighted by molar-refractivity contribution is 7.11. The Labute approximate surface area is 132 Å². The molecule has 21 heavy (non-hydrogen) atoms. The molecule has 0 atom stereocenters. The first-order valence-corrected chi connectivity index (χ1v) is 8.38. The van der Waals surface area contributed by atoms with Gasteiger partial charge < -0.3 is 5.32 Å². The van der Waals surface area contributed by atoms with Gasteiger partial charge in [-0.1, -0.05) is 18.2 Å². The molecule has 0 spiro atoms. The van der Waals surface area contributed by atoms with E-state index in [9.17, 15) is 0 Å². The van der Waals surface area contributed by atoms with Crippen LogP contribution >= 0.6 is 22.7 Å². The summed E-state index contributed by atoms with van der Waals surface area (Å²) in [7, 11) is 0. The summed E-state index contributed by atoms with van der Waals surface area (Å²) >= 11 is 3.49. The molecule has 1 aromatic carbocycles. The maximum absolute atomic E-state index is 9.08. The van der Waals surface area contributed by atoms with Crippen molar-refractivity contribution in [2.75, 3.05) is 5.32 Å². The lowest BCUT2D eigenvalue weighted by Gasteiger charge is -2.19. The summed E-state index contributed by atoms with van der Waals surface area (Å²) in [6.45, 7) is 2.06. The van der Waals surface area contributed by atoms with E-state index in [1.165, 1.54) is 9.75 Å². The Morgan fingerprint density at radius 1 is 1.05 bits per heavy atom. The van der Waals surface area contributed by atoms with Crippen LogP contribution in [-0.2, 0) is 0 Å². The molecule has 1 N–H and O–H groups in total. The number of anilines is 1. The molecule has 2 nitrogen and oxygen atoms in total. The van der Waals surface area contributed by atoms with Crippen molar-refractivity contribution in [2.24, 2.45) is 0 Å². The molecule has 0 aliphatic heterocycles. The fraction of sp³-hybridized carbons (Fsp3) is 0.118. The average molecular weight is 310 g/mol. The zero-order valence-electron chi connectivity index (χ0n) is 11.5. The lowest BCUT2D eigenvalue weighted by atomic mass is 10.1. The number of rotatable bonds is 4. The van der Waals surface area contributed by atoms with Crippen molar-refractivity contribution in [1.82, 2.24) is 0 Å². The van der Waals surface area contributed by atoms with E-state index in [1.807, 2.05) is 18.2 Å². The van der Waals surface area contributed by atoms with E-state index in [1.54, 1.807) is 22.7 Å². The van der Waals surface area contributed by atoms with Crippen molar-refractivity contribution in [2.45, 2.75) is 13.0 Å². The number of nitrogens with zero attached hydrogens (tertiary/aromatic N) is 1. The van der Waals surface area contributed by atoms with E-state index in [4.69, 9.17) is 5.26 Å². The quantitative estimate of drug-likeness (QED) is 0.719. The van der Waals surface area contributed by atoms with Crippen LogP contribution in [0.4, 0.5) is 5.69 Å². The molecule has 0 fully saturated rings. The van der Waals surface area contributed by atoms with Gasteiger partial charge in [0.1, 0.15) is 0 Å². The van der Waals surface area contributed by atoms with Crippen LogP contribution in [0.15, 0.2) is 53.2 Å². The summed E-state index contributed by atoms with van der Waals surface area (Å²) < 4.78 is 0. The molecule has 2 aromatic heterocycles. The third kappa shape index (κ3) is 2.99. The Bertz CT molecular complexity index is 718. The van der Waals surface area contributed by atoms with Gasteiger partial charge in [-0.05, 0) is 47.5 Å². The highest BCUT2D eigenvalue weighted by Gasteiger charge is 2.17. The minimum Gasteiger partial charge on any atom is -0.372 e. The number of nitriles is 1. The number of nitrogens with one attached hydrogen (secondary N) is 1. The van der Waals surface area contributed by atoms with E-state index >= 15 is 0 Å². The van der Waals surface area contributed by atoms with Crippen LogP contribution in [0.25, 0.3) is 0 Å². The third-order valence-electron chi connectivity index (χ3n) is 3.32. The second-order valence-electron chi connectivity index (χ2n) is 4.75. The van der Waals surface area contributed by atoms with Crippen molar-refractivity contribution in [3.05, 3.63) is 74.1 Å². The predicted octanol–water partition coefficient (Wildman–Crippen LogP) is 5.19. The monoisotopic (exact) mass is 310 g/mol. The SMILES string of the molecule is Cc1ccc(C#N)cc1NC(c1cccs1)c1cccs1. The van der Waals surface area contributed by atoms with Crippen LogP contribution in [0.1, 0.15) is 26.9 Å². The van der Waals surface area contributed by atoms with Gasteiger partial charge in [0.05, 0.1) is 17.7 Å². The first-order valence-electron chi connectivity index (χ1n) is 6.62. The molecule has 0 bridgehead atoms. The van der Waals surface area contributed by atoms with Gasteiger partial charge in [0.25, 0.3) is 0 Å². The van der Waals surface area contributed by atoms with Gasteiger partial charge >= 0.3 is 0 Å². The number of benzene rings is 1. The van der Waals surface area contributed by atoms with E-state index < -0.39 is 0 Å². The first-order chi connectivity index (χ1) is 10.3. The topological polar surface area (TPSA) is 35.8 Å². The second-order valence-corrected chi connectivity index (χ2v) is 6.71. The zero-order chi connectivity index (χ0) is 14.7. The lowest BCUT2D eigenvalue weighted by molar-refractivity contribution is 0.988. The molecule has 0 aliphatic carbocycles. The summed E-state index contributed by atoms with van der Waals surface area (Å²) in [4.78, 5) is 2.55. The Balaban J connectivity index is 1.98. The molecular weight excluding hydrogens is 296 g/mol. The maximum atomic E-state index is 9.08. The molecule has 4 heteroatoms. The lowest BCUT2D eigenvalue weighted by Crippen LogP contribution is -2.10. The molecule has 0 aliphatic rings. The van der Waals surface area contributed by atoms with Crippen molar-refractivity contribution < 1.29 is 0 Å². The summed E-state index contributed by atoms with van der Waals surface area (Å²) in [5.41, 5.74) is 2.84. The van der Waals surface area contributed by atoms with E-state index in [2.05, 4.69) is 53.3 Å². The molecular formula is C17H14N2S2. The molecule has 3 aromatic rings. The molecule has 2 heterocycles. The molecule has 0 amide bonds. The summed E-state index contributed by atoms with van der Waals surface area (Å²) in [5.74, 6) is 0. The molecule has 0 saturated heterocycles. The van der Waals surface area contributed by atoms with Gasteiger partial charge in [0, 0.05) is 15.4 Å². The summed E-state index contributed by atoms with van der Waals surface area (Å²) in [6.07, 6.45) is 0. The number of hydrogen-bond donors (Lipinski definition) is 1.